The lowest BCUT2D eigenvalue weighted by Crippen LogP contribution is -2.44. The van der Waals surface area contributed by atoms with Gasteiger partial charge in [-0.15, -0.1) is 0 Å². The molecule has 0 saturated heterocycles. The molecule has 29 heavy (non-hydrogen) atoms. The molecule has 0 aromatic carbocycles. The zero-order chi connectivity index (χ0) is 23.7. The van der Waals surface area contributed by atoms with Gasteiger partial charge in [0.25, 0.3) is 0 Å². The largest absolute Gasteiger partial charge is 0.759 e. The van der Waals surface area contributed by atoms with Crippen molar-refractivity contribution in [1.29, 1.82) is 0 Å². The van der Waals surface area contributed by atoms with Gasteiger partial charge in [0.2, 0.25) is 0 Å². The highest BCUT2D eigenvalue weighted by Gasteiger charge is 2.20. The van der Waals surface area contributed by atoms with Crippen LogP contribution in [0, 0.1) is 0 Å². The average Bonchev–Trinajstić information content (AvgIpc) is 2.52. The maximum Gasteiger partial charge on any atom is 0.0916 e. The summed E-state index contributed by atoms with van der Waals surface area (Å²) >= 11 is 0. The molecule has 0 aliphatic carbocycles. The first kappa shape index (κ1) is 32.9. The van der Waals surface area contributed by atoms with E-state index in [0.29, 0.717) is 0 Å². The quantitative estimate of drug-likeness (QED) is 0.221. The summed E-state index contributed by atoms with van der Waals surface area (Å²) in [6.07, 6.45) is 16.4. The van der Waals surface area contributed by atoms with Gasteiger partial charge in [-0.05, 0) is 25.7 Å². The van der Waals surface area contributed by atoms with E-state index in [-0.39, 0.29) is 0 Å². The number of nitrogens with zero attached hydrogens (tertiary/aromatic N) is 2. The van der Waals surface area contributed by atoms with E-state index in [1.807, 2.05) is 0 Å². The topological polar surface area (TPSA) is 80.3 Å². The number of hydrogen-bond donors (Lipinski definition) is 0. The van der Waals surface area contributed by atoms with Gasteiger partial charge >= 0.3 is 0 Å². The fourth-order valence-corrected chi connectivity index (χ4v) is 2.90. The second kappa shape index (κ2) is 17.0. The van der Waals surface area contributed by atoms with E-state index in [4.69, 9.17) is 17.5 Å². The molecule has 176 valence electrons. The molecule has 2 atom stereocenters. The molecule has 0 amide bonds. The molecular weight excluding hydrogens is 388 g/mol. The molecule has 0 aromatic heterocycles. The zero-order valence-corrected chi connectivity index (χ0v) is 21.5. The van der Waals surface area contributed by atoms with Crippen LogP contribution in [0.1, 0.15) is 66.2 Å². The lowest BCUT2D eigenvalue weighted by Gasteiger charge is -2.33. The summed E-state index contributed by atoms with van der Waals surface area (Å²) < 4.78 is 36.2. The fourth-order valence-electron chi connectivity index (χ4n) is 2.90. The van der Waals surface area contributed by atoms with Gasteiger partial charge in [-0.1, -0.05) is 52.0 Å². The summed E-state index contributed by atoms with van der Waals surface area (Å²) in [7, 11) is 8.46. The van der Waals surface area contributed by atoms with Crippen molar-refractivity contribution in [2.24, 2.45) is 0 Å². The summed E-state index contributed by atoms with van der Waals surface area (Å²) in [5.74, 6) is 0. The molecule has 0 heterocycles. The van der Waals surface area contributed by atoms with Gasteiger partial charge in [0.15, 0.2) is 0 Å². The van der Waals surface area contributed by atoms with Crippen LogP contribution < -0.4 is 0 Å². The Kier molecular flexibility index (Phi) is 19.3. The third-order valence-corrected chi connectivity index (χ3v) is 4.75. The highest BCUT2D eigenvalue weighted by atomic mass is 32.3. The smallest absolute Gasteiger partial charge is 0.0916 e. The normalized spacial score (nSPS) is 14.8. The first-order valence-corrected chi connectivity index (χ1v) is 12.0. The monoisotopic (exact) mass is 436 g/mol. The van der Waals surface area contributed by atoms with Crippen LogP contribution in [0.15, 0.2) is 24.3 Å². The highest BCUT2D eigenvalue weighted by molar-refractivity contribution is 7.79. The van der Waals surface area contributed by atoms with Crippen LogP contribution in [0.4, 0.5) is 0 Å². The first-order valence-electron chi connectivity index (χ1n) is 10.6. The van der Waals surface area contributed by atoms with Gasteiger partial charge in [0.05, 0.1) is 54.4 Å². The Balaban J connectivity index is -0.000000380. The number of allylic oxidation sites excluding steroid dienone is 2. The predicted octanol–water partition coefficient (Wildman–Crippen LogP) is 4.32. The average molecular weight is 437 g/mol. The number of rotatable bonds is 10. The summed E-state index contributed by atoms with van der Waals surface area (Å²) in [6.45, 7) is 8.91. The van der Waals surface area contributed by atoms with Crippen molar-refractivity contribution in [3.8, 4) is 0 Å². The highest BCUT2D eigenvalue weighted by Crippen LogP contribution is 2.12. The molecule has 0 N–H and O–H groups in total. The summed E-state index contributed by atoms with van der Waals surface area (Å²) in [5, 5.41) is 0. The lowest BCUT2D eigenvalue weighted by molar-refractivity contribution is -0.895. The predicted molar refractivity (Wildman–Crippen MR) is 123 cm³/mol. The lowest BCUT2D eigenvalue weighted by atomic mass is 10.1. The molecular formula is C22H48N2O4S. The Morgan fingerprint density at radius 1 is 0.655 bits per heavy atom. The van der Waals surface area contributed by atoms with Gasteiger partial charge in [0, 0.05) is 23.2 Å². The molecule has 7 heteroatoms. The molecule has 0 saturated carbocycles. The minimum Gasteiger partial charge on any atom is -0.759 e. The SMILES string of the molecule is CCC=CCC(CC)[N+](C)(C)C.CCC=CCC(CC)[N+](C)(C)C.O=S(=O)([O-])[O-]. The van der Waals surface area contributed by atoms with Crippen LogP contribution >= 0.6 is 0 Å². The summed E-state index contributed by atoms with van der Waals surface area (Å²) in [6, 6.07) is 1.54. The van der Waals surface area contributed by atoms with Crippen LogP contribution in [0.2, 0.25) is 0 Å². The molecule has 6 nitrogen and oxygen atoms in total. The van der Waals surface area contributed by atoms with Gasteiger partial charge in [-0.2, -0.15) is 0 Å². The first-order chi connectivity index (χ1) is 13.0. The Morgan fingerprint density at radius 2 is 0.897 bits per heavy atom. The minimum atomic E-state index is -5.17. The molecule has 0 rings (SSSR count). The van der Waals surface area contributed by atoms with Crippen molar-refractivity contribution >= 4 is 10.4 Å². The fraction of sp³-hybridized carbons (Fsp3) is 0.818. The van der Waals surface area contributed by atoms with Crippen molar-refractivity contribution in [3.63, 3.8) is 0 Å². The third kappa shape index (κ3) is 27.3. The van der Waals surface area contributed by atoms with Crippen molar-refractivity contribution in [3.05, 3.63) is 24.3 Å². The van der Waals surface area contributed by atoms with E-state index in [9.17, 15) is 0 Å². The standard InChI is InChI=1S/2C11H24N.H2O4S/c2*1-6-8-9-10-11(7-2)12(3,4)5;1-5(2,3)4/h2*8-9,11H,6-7,10H2,1-5H3;(H2,1,2,3,4)/q2*+1;/p-2. The van der Waals surface area contributed by atoms with E-state index in [1.54, 1.807) is 0 Å². The summed E-state index contributed by atoms with van der Waals surface area (Å²) in [5.41, 5.74) is 0. The third-order valence-electron chi connectivity index (χ3n) is 4.75. The Hall–Kier alpha value is -0.730. The van der Waals surface area contributed by atoms with Gasteiger partial charge in [0.1, 0.15) is 0 Å². The maximum atomic E-state index is 8.52. The van der Waals surface area contributed by atoms with Crippen LogP contribution in [0.5, 0.6) is 0 Å². The van der Waals surface area contributed by atoms with E-state index < -0.39 is 10.4 Å². The molecule has 0 radical (unpaired) electrons. The van der Waals surface area contributed by atoms with Crippen LogP contribution in [-0.2, 0) is 10.4 Å². The van der Waals surface area contributed by atoms with E-state index in [1.165, 1.54) is 25.7 Å². The van der Waals surface area contributed by atoms with Crippen molar-refractivity contribution < 1.29 is 26.5 Å². The molecule has 0 fully saturated rings. The molecule has 0 bridgehead atoms. The zero-order valence-electron chi connectivity index (χ0n) is 20.6. The summed E-state index contributed by atoms with van der Waals surface area (Å²) in [4.78, 5) is 0. The van der Waals surface area contributed by atoms with E-state index in [0.717, 1.165) is 33.9 Å². The van der Waals surface area contributed by atoms with Crippen molar-refractivity contribution in [1.82, 2.24) is 0 Å². The second-order valence-electron chi connectivity index (χ2n) is 9.00. The Morgan fingerprint density at radius 3 is 1.03 bits per heavy atom. The minimum absolute atomic E-state index is 0.771. The van der Waals surface area contributed by atoms with Crippen molar-refractivity contribution in [2.45, 2.75) is 78.3 Å². The number of hydrogen-bond acceptors (Lipinski definition) is 4. The molecule has 0 spiro atoms. The Labute approximate surface area is 182 Å². The Bertz CT molecular complexity index is 488. The second-order valence-corrected chi connectivity index (χ2v) is 9.81. The van der Waals surface area contributed by atoms with Gasteiger partial charge < -0.3 is 18.1 Å². The van der Waals surface area contributed by atoms with Crippen LogP contribution in [0.3, 0.4) is 0 Å². The van der Waals surface area contributed by atoms with Crippen LogP contribution in [-0.4, -0.2) is 80.9 Å². The maximum absolute atomic E-state index is 8.52. The van der Waals surface area contributed by atoms with Crippen molar-refractivity contribution in [2.75, 3.05) is 42.3 Å². The van der Waals surface area contributed by atoms with E-state index >= 15 is 0 Å². The van der Waals surface area contributed by atoms with Gasteiger partial charge in [-0.3, -0.25) is 8.42 Å². The molecule has 0 aromatic rings. The van der Waals surface area contributed by atoms with Crippen LogP contribution in [0.25, 0.3) is 0 Å². The molecule has 2 unspecified atom stereocenters. The molecule has 0 aliphatic rings. The number of quaternary nitrogens is 2. The molecule has 0 aliphatic heterocycles. The van der Waals surface area contributed by atoms with Gasteiger partial charge in [-0.25, -0.2) is 0 Å². The van der Waals surface area contributed by atoms with E-state index in [2.05, 4.69) is 94.3 Å².